The van der Waals surface area contributed by atoms with Gasteiger partial charge in [-0.15, -0.1) is 9.97 Å². The number of hydrogen-bond acceptors (Lipinski definition) is 6. The smallest absolute Gasteiger partial charge is 0.340 e. The third kappa shape index (κ3) is 5.21. The number of anilines is 2. The number of hydrogen-bond donors (Lipinski definition) is 2. The van der Waals surface area contributed by atoms with Crippen LogP contribution in [0.1, 0.15) is 71.1 Å². The molecule has 0 spiro atoms. The third-order valence-electron chi connectivity index (χ3n) is 7.63. The Balaban J connectivity index is 1.73. The fraction of sp³-hybridized carbons (Fsp3) is 0.640. The lowest BCUT2D eigenvalue weighted by molar-refractivity contribution is 0.218. The zero-order chi connectivity index (χ0) is 23.4. The molecule has 2 aliphatic rings. The highest BCUT2D eigenvalue weighted by molar-refractivity contribution is 5.56. The van der Waals surface area contributed by atoms with Gasteiger partial charge in [-0.3, -0.25) is 0 Å². The summed E-state index contributed by atoms with van der Waals surface area (Å²) in [6.45, 7) is 2.29. The minimum absolute atomic E-state index is 0.193. The highest BCUT2D eigenvalue weighted by Gasteiger charge is 2.43. The van der Waals surface area contributed by atoms with Gasteiger partial charge in [-0.2, -0.15) is 4.98 Å². The Bertz CT molecular complexity index is 940. The van der Waals surface area contributed by atoms with Crippen molar-refractivity contribution in [2.45, 2.75) is 83.2 Å². The van der Waals surface area contributed by atoms with Crippen LogP contribution in [0.25, 0.3) is 0 Å². The zero-order valence-corrected chi connectivity index (χ0v) is 20.2. The van der Waals surface area contributed by atoms with E-state index < -0.39 is 0 Å². The second-order valence-corrected chi connectivity index (χ2v) is 9.96. The van der Waals surface area contributed by atoms with Crippen LogP contribution in [0, 0.1) is 11.7 Å². The Labute approximate surface area is 196 Å². The monoisotopic (exact) mass is 457 g/mol. The number of benzene rings is 1. The lowest BCUT2D eigenvalue weighted by atomic mass is 9.85. The van der Waals surface area contributed by atoms with Gasteiger partial charge in [0.15, 0.2) is 11.6 Å². The van der Waals surface area contributed by atoms with E-state index in [1.54, 1.807) is 12.1 Å². The molecule has 8 heteroatoms. The van der Waals surface area contributed by atoms with Crippen molar-refractivity contribution in [1.82, 2.24) is 19.4 Å². The van der Waals surface area contributed by atoms with Crippen LogP contribution in [0.5, 0.6) is 5.75 Å². The van der Waals surface area contributed by atoms with Gasteiger partial charge in [0.25, 0.3) is 0 Å². The molecule has 1 aromatic heterocycles. The maximum atomic E-state index is 14.8. The van der Waals surface area contributed by atoms with Crippen molar-refractivity contribution in [2.75, 3.05) is 25.2 Å². The zero-order valence-electron chi connectivity index (χ0n) is 20.2. The van der Waals surface area contributed by atoms with Crippen molar-refractivity contribution in [3.8, 4) is 5.75 Å². The van der Waals surface area contributed by atoms with E-state index in [2.05, 4.69) is 29.3 Å². The first-order chi connectivity index (χ1) is 15.9. The molecule has 1 aromatic carbocycles. The van der Waals surface area contributed by atoms with E-state index in [-0.39, 0.29) is 23.6 Å². The summed E-state index contributed by atoms with van der Waals surface area (Å²) in [5.41, 5.74) is 6.98. The van der Waals surface area contributed by atoms with E-state index in [1.165, 1.54) is 32.8 Å². The van der Waals surface area contributed by atoms with Crippen LogP contribution in [0.3, 0.4) is 0 Å². The number of methoxy groups -OCH3 is 1. The standard InChI is InChI=1S/C25H38FN6O/c1-17-10-12-19(13-11-17)32(2,20-14-15-22(33-3)21(26)16-20)25-30-23(27)29-24(31-25)28-18-8-6-4-5-7-9-18/h14-19H,4-13H2,1-3H3,(H3,27,28,29,30,31)/q+1. The quantitative estimate of drug-likeness (QED) is 0.435. The Morgan fingerprint density at radius 3 is 2.33 bits per heavy atom. The molecular weight excluding hydrogens is 419 g/mol. The molecule has 2 fully saturated rings. The van der Waals surface area contributed by atoms with Gasteiger partial charge in [0.1, 0.15) is 11.7 Å². The molecule has 180 valence electrons. The number of nitrogen functional groups attached to an aromatic ring is 1. The van der Waals surface area contributed by atoms with Crippen LogP contribution >= 0.6 is 0 Å². The molecule has 1 heterocycles. The third-order valence-corrected chi connectivity index (χ3v) is 7.63. The van der Waals surface area contributed by atoms with E-state index in [0.29, 0.717) is 28.3 Å². The normalized spacial score (nSPS) is 24.0. The molecule has 1 atom stereocenters. The molecule has 1 unspecified atom stereocenters. The maximum absolute atomic E-state index is 14.8. The van der Waals surface area contributed by atoms with Crippen molar-refractivity contribution in [3.05, 3.63) is 24.0 Å². The van der Waals surface area contributed by atoms with Crippen LogP contribution in [-0.2, 0) is 0 Å². The second kappa shape index (κ2) is 10.2. The Morgan fingerprint density at radius 1 is 1.00 bits per heavy atom. The highest BCUT2D eigenvalue weighted by atomic mass is 19.1. The number of halogens is 1. The summed E-state index contributed by atoms with van der Waals surface area (Å²) in [6, 6.07) is 5.71. The maximum Gasteiger partial charge on any atom is 0.340 e. The topological polar surface area (TPSA) is 86.0 Å². The number of nitrogens with one attached hydrogen (secondary N) is 1. The van der Waals surface area contributed by atoms with Crippen molar-refractivity contribution in [1.29, 1.82) is 0 Å². The van der Waals surface area contributed by atoms with Crippen LogP contribution in [0.4, 0.5) is 27.9 Å². The number of aromatic nitrogens is 3. The predicted molar refractivity (Wildman–Crippen MR) is 131 cm³/mol. The average Bonchev–Trinajstić information content (AvgIpc) is 3.07. The molecule has 0 saturated heterocycles. The molecule has 33 heavy (non-hydrogen) atoms. The van der Waals surface area contributed by atoms with E-state index >= 15 is 0 Å². The first kappa shape index (κ1) is 23.7. The molecule has 3 N–H and O–H groups in total. The van der Waals surface area contributed by atoms with Crippen molar-refractivity contribution in [2.24, 2.45) is 5.92 Å². The van der Waals surface area contributed by atoms with Crippen LogP contribution in [0.2, 0.25) is 0 Å². The summed E-state index contributed by atoms with van der Waals surface area (Å²) in [5, 5.41) is 3.52. The summed E-state index contributed by atoms with van der Waals surface area (Å²) in [6.07, 6.45) is 11.5. The van der Waals surface area contributed by atoms with Crippen molar-refractivity contribution >= 4 is 23.5 Å². The van der Waals surface area contributed by atoms with Crippen LogP contribution < -0.4 is 20.3 Å². The Morgan fingerprint density at radius 2 is 1.70 bits per heavy atom. The average molecular weight is 458 g/mol. The molecule has 0 aliphatic heterocycles. The minimum atomic E-state index is -0.387. The first-order valence-electron chi connectivity index (χ1n) is 12.4. The molecule has 2 aliphatic carbocycles. The fourth-order valence-electron chi connectivity index (χ4n) is 5.45. The van der Waals surface area contributed by atoms with Crippen molar-refractivity contribution < 1.29 is 9.13 Å². The van der Waals surface area contributed by atoms with Gasteiger partial charge in [-0.05, 0) is 37.7 Å². The minimum Gasteiger partial charge on any atom is -0.494 e. The number of nitrogens with two attached hydrogens (primary N) is 1. The molecule has 0 bridgehead atoms. The molecule has 2 saturated carbocycles. The Hall–Kier alpha value is -2.48. The predicted octanol–water partition coefficient (Wildman–Crippen LogP) is 5.58. The summed E-state index contributed by atoms with van der Waals surface area (Å²) in [4.78, 5) is 13.9. The van der Waals surface area contributed by atoms with E-state index in [4.69, 9.17) is 15.5 Å². The van der Waals surface area contributed by atoms with Gasteiger partial charge in [0, 0.05) is 31.0 Å². The highest BCUT2D eigenvalue weighted by Crippen LogP contribution is 2.41. The number of ether oxygens (including phenoxy) is 1. The fourth-order valence-corrected chi connectivity index (χ4v) is 5.45. The van der Waals surface area contributed by atoms with Crippen LogP contribution in [-0.4, -0.2) is 41.2 Å². The van der Waals surface area contributed by atoms with E-state index in [1.807, 2.05) is 6.07 Å². The van der Waals surface area contributed by atoms with Crippen LogP contribution in [0.15, 0.2) is 18.2 Å². The van der Waals surface area contributed by atoms with Gasteiger partial charge < -0.3 is 15.8 Å². The lowest BCUT2D eigenvalue weighted by Crippen LogP contribution is -2.52. The largest absolute Gasteiger partial charge is 0.494 e. The number of quaternary nitrogens is 1. The number of nitrogens with zero attached hydrogens (tertiary/aromatic N) is 4. The number of rotatable bonds is 6. The van der Waals surface area contributed by atoms with Gasteiger partial charge >= 0.3 is 5.95 Å². The van der Waals surface area contributed by atoms with Gasteiger partial charge in [-0.25, -0.2) is 8.87 Å². The Kier molecular flexibility index (Phi) is 7.32. The molecular formula is C25H38FN6O+. The van der Waals surface area contributed by atoms with E-state index in [0.717, 1.165) is 44.2 Å². The van der Waals surface area contributed by atoms with E-state index in [9.17, 15) is 4.39 Å². The second-order valence-electron chi connectivity index (χ2n) is 9.96. The van der Waals surface area contributed by atoms with Gasteiger partial charge in [-0.1, -0.05) is 32.6 Å². The molecule has 0 radical (unpaired) electrons. The van der Waals surface area contributed by atoms with Gasteiger partial charge in [0.05, 0.1) is 14.2 Å². The lowest BCUT2D eigenvalue weighted by Gasteiger charge is -2.41. The summed E-state index contributed by atoms with van der Waals surface area (Å²) in [5.74, 6) is 1.81. The summed E-state index contributed by atoms with van der Waals surface area (Å²) < 4.78 is 20.3. The van der Waals surface area contributed by atoms with Crippen molar-refractivity contribution in [3.63, 3.8) is 0 Å². The SMILES string of the molecule is COc1ccc([N+](C)(c2nc(N)nc(NC3CCCCCC3)n2)C2CCC(C)CC2)cc1F. The molecule has 0 amide bonds. The summed E-state index contributed by atoms with van der Waals surface area (Å²) >= 11 is 0. The summed E-state index contributed by atoms with van der Waals surface area (Å²) in [7, 11) is 3.55. The molecule has 7 nitrogen and oxygen atoms in total. The molecule has 2 aromatic rings. The van der Waals surface area contributed by atoms with Gasteiger partial charge in [0.2, 0.25) is 11.9 Å². The first-order valence-corrected chi connectivity index (χ1v) is 12.4. The molecule has 4 rings (SSSR count).